The Morgan fingerprint density at radius 2 is 1.77 bits per heavy atom. The molecule has 0 fully saturated rings. The maximum atomic E-state index is 13.1. The van der Waals surface area contributed by atoms with E-state index in [0.717, 1.165) is 0 Å². The molecule has 152 valence electrons. The molecule has 1 aliphatic rings. The van der Waals surface area contributed by atoms with Crippen LogP contribution in [0.5, 0.6) is 5.75 Å². The Balaban J connectivity index is 1.80. The van der Waals surface area contributed by atoms with E-state index >= 15 is 0 Å². The van der Waals surface area contributed by atoms with Crippen LogP contribution in [0.1, 0.15) is 27.1 Å². The molecule has 0 saturated heterocycles. The van der Waals surface area contributed by atoms with E-state index in [9.17, 15) is 14.7 Å². The molecule has 30 heavy (non-hydrogen) atoms. The van der Waals surface area contributed by atoms with Crippen molar-refractivity contribution in [2.75, 3.05) is 20.3 Å². The zero-order valence-electron chi connectivity index (χ0n) is 16.1. The number of rotatable bonds is 6. The van der Waals surface area contributed by atoms with E-state index in [1.54, 1.807) is 49.6 Å². The Morgan fingerprint density at radius 1 is 1.03 bits per heavy atom. The number of azo groups is 1. The van der Waals surface area contributed by atoms with Crippen molar-refractivity contribution in [3.8, 4) is 5.75 Å². The minimum atomic E-state index is -0.428. The number of hydrogen-bond acceptors (Lipinski definition) is 6. The number of nitrogens with zero attached hydrogens (tertiary/aromatic N) is 3. The molecule has 1 N–H and O–H groups in total. The fraction of sp³-hybridized carbons (Fsp3) is 0.182. The average molecular weight is 424 g/mol. The minimum absolute atomic E-state index is 0.137. The number of phenols is 1. The predicted octanol–water partition coefficient (Wildman–Crippen LogP) is 5.25. The summed E-state index contributed by atoms with van der Waals surface area (Å²) >= 11 is 5.88. The number of aromatic hydroxyl groups is 1. The van der Waals surface area contributed by atoms with Crippen molar-refractivity contribution in [3.63, 3.8) is 0 Å². The summed E-state index contributed by atoms with van der Waals surface area (Å²) in [7, 11) is 1.57. The summed E-state index contributed by atoms with van der Waals surface area (Å²) in [5, 5.41) is 20.4. The van der Waals surface area contributed by atoms with E-state index in [1.807, 2.05) is 0 Å². The van der Waals surface area contributed by atoms with Gasteiger partial charge < -0.3 is 9.84 Å². The molecule has 7 nitrogen and oxygen atoms in total. The van der Waals surface area contributed by atoms with Crippen molar-refractivity contribution < 1.29 is 19.4 Å². The molecule has 8 heteroatoms. The number of halogens is 1. The van der Waals surface area contributed by atoms with Gasteiger partial charge in [-0.3, -0.25) is 14.5 Å². The highest BCUT2D eigenvalue weighted by atomic mass is 35.5. The van der Waals surface area contributed by atoms with Gasteiger partial charge in [-0.1, -0.05) is 23.7 Å². The molecule has 3 aromatic carbocycles. The summed E-state index contributed by atoms with van der Waals surface area (Å²) < 4.78 is 5.03. The Bertz CT molecular complexity index is 1180. The van der Waals surface area contributed by atoms with Gasteiger partial charge in [-0.25, -0.2) is 0 Å². The molecule has 1 aliphatic heterocycles. The number of phenolic OH excluding ortho intramolecular Hbond substituents is 1. The van der Waals surface area contributed by atoms with Crippen LogP contribution in [0.3, 0.4) is 0 Å². The second kappa shape index (κ2) is 8.22. The number of ether oxygens (including phenoxy) is 1. The molecule has 4 rings (SSSR count). The summed E-state index contributed by atoms with van der Waals surface area (Å²) in [4.78, 5) is 27.2. The van der Waals surface area contributed by atoms with Crippen LogP contribution in [0, 0.1) is 0 Å². The van der Waals surface area contributed by atoms with Gasteiger partial charge in [0.1, 0.15) is 5.69 Å². The lowest BCUT2D eigenvalue weighted by molar-refractivity contribution is 0.0595. The van der Waals surface area contributed by atoms with Crippen molar-refractivity contribution in [2.24, 2.45) is 10.2 Å². The van der Waals surface area contributed by atoms with E-state index < -0.39 is 5.91 Å². The minimum Gasteiger partial charge on any atom is -0.505 e. The third-order valence-corrected chi connectivity index (χ3v) is 5.15. The zero-order chi connectivity index (χ0) is 21.3. The second-order valence-corrected chi connectivity index (χ2v) is 7.24. The maximum absolute atomic E-state index is 13.1. The summed E-state index contributed by atoms with van der Waals surface area (Å²) in [5.74, 6) is -0.950. The molecule has 1 heterocycles. The zero-order valence-corrected chi connectivity index (χ0v) is 16.9. The molecule has 0 spiro atoms. The third-order valence-electron chi connectivity index (χ3n) is 4.89. The fourth-order valence-corrected chi connectivity index (χ4v) is 3.58. The lowest BCUT2D eigenvalue weighted by Crippen LogP contribution is -2.41. The highest BCUT2D eigenvalue weighted by molar-refractivity contribution is 6.30. The molecule has 0 aromatic heterocycles. The number of hydrogen-bond donors (Lipinski definition) is 1. The number of amides is 2. The summed E-state index contributed by atoms with van der Waals surface area (Å²) in [6, 6.07) is 13.2. The smallest absolute Gasteiger partial charge is 0.261 e. The first kappa shape index (κ1) is 20.0. The van der Waals surface area contributed by atoms with Crippen LogP contribution < -0.4 is 0 Å². The Kier molecular flexibility index (Phi) is 5.48. The van der Waals surface area contributed by atoms with E-state index in [-0.39, 0.29) is 23.9 Å². The van der Waals surface area contributed by atoms with Gasteiger partial charge in [0.05, 0.1) is 11.3 Å². The van der Waals surface area contributed by atoms with Gasteiger partial charge in [0, 0.05) is 41.6 Å². The number of methoxy groups -OCH3 is 1. The summed E-state index contributed by atoms with van der Waals surface area (Å²) in [5.41, 5.74) is 1.37. The fourth-order valence-electron chi connectivity index (χ4n) is 3.45. The molecule has 0 radical (unpaired) electrons. The number of benzene rings is 3. The number of imide groups is 1. The topological polar surface area (TPSA) is 91.6 Å². The number of carbonyl (C=O) groups is 2. The van der Waals surface area contributed by atoms with E-state index in [2.05, 4.69) is 10.2 Å². The molecular formula is C22H18ClN3O4. The van der Waals surface area contributed by atoms with Gasteiger partial charge in [-0.05, 0) is 42.8 Å². The van der Waals surface area contributed by atoms with Crippen LogP contribution in [0.2, 0.25) is 5.02 Å². The Morgan fingerprint density at radius 3 is 2.50 bits per heavy atom. The molecule has 2 amide bonds. The van der Waals surface area contributed by atoms with Crippen molar-refractivity contribution in [1.29, 1.82) is 0 Å². The van der Waals surface area contributed by atoms with Crippen LogP contribution >= 0.6 is 11.6 Å². The van der Waals surface area contributed by atoms with Crippen LogP contribution in [-0.2, 0) is 4.74 Å². The lowest BCUT2D eigenvalue weighted by atomic mass is 9.92. The van der Waals surface area contributed by atoms with Crippen molar-refractivity contribution in [2.45, 2.75) is 6.42 Å². The summed E-state index contributed by atoms with van der Waals surface area (Å²) in [6.45, 7) is 0.675. The normalized spacial score (nSPS) is 13.6. The molecule has 0 bridgehead atoms. The van der Waals surface area contributed by atoms with E-state index in [4.69, 9.17) is 16.3 Å². The molecule has 0 atom stereocenters. The van der Waals surface area contributed by atoms with E-state index in [0.29, 0.717) is 45.6 Å². The number of carbonyl (C=O) groups excluding carboxylic acids is 2. The first-order chi connectivity index (χ1) is 14.5. The largest absolute Gasteiger partial charge is 0.505 e. The van der Waals surface area contributed by atoms with Crippen molar-refractivity contribution >= 4 is 45.6 Å². The maximum Gasteiger partial charge on any atom is 0.261 e. The first-order valence-electron chi connectivity index (χ1n) is 9.32. The van der Waals surface area contributed by atoms with Crippen LogP contribution in [0.4, 0.5) is 11.4 Å². The summed E-state index contributed by atoms with van der Waals surface area (Å²) in [6.07, 6.45) is 0.528. The van der Waals surface area contributed by atoms with Crippen LogP contribution in [-0.4, -0.2) is 42.1 Å². The second-order valence-electron chi connectivity index (χ2n) is 6.80. The molecule has 0 aliphatic carbocycles. The highest BCUT2D eigenvalue weighted by Gasteiger charge is 2.34. The van der Waals surface area contributed by atoms with E-state index in [1.165, 1.54) is 11.0 Å². The SMILES string of the molecule is COCCCN1C(=O)c2cccc3c(O)c(N=Nc4ccc(Cl)cc4)cc(c23)C1=O. The van der Waals surface area contributed by atoms with Crippen molar-refractivity contribution in [1.82, 2.24) is 4.90 Å². The monoisotopic (exact) mass is 423 g/mol. The molecule has 0 saturated carbocycles. The van der Waals surface area contributed by atoms with Gasteiger partial charge in [0.2, 0.25) is 0 Å². The third kappa shape index (κ3) is 3.53. The van der Waals surface area contributed by atoms with Gasteiger partial charge in [0.15, 0.2) is 5.75 Å². The van der Waals surface area contributed by atoms with Gasteiger partial charge in [-0.2, -0.15) is 5.11 Å². The predicted molar refractivity (Wildman–Crippen MR) is 113 cm³/mol. The Labute approximate surface area is 177 Å². The van der Waals surface area contributed by atoms with Crippen LogP contribution in [0.15, 0.2) is 58.8 Å². The molecule has 3 aromatic rings. The van der Waals surface area contributed by atoms with Gasteiger partial charge >= 0.3 is 0 Å². The molecular weight excluding hydrogens is 406 g/mol. The van der Waals surface area contributed by atoms with Crippen LogP contribution in [0.25, 0.3) is 10.8 Å². The van der Waals surface area contributed by atoms with Gasteiger partial charge in [-0.15, -0.1) is 5.11 Å². The Hall–Kier alpha value is -3.29. The highest BCUT2D eigenvalue weighted by Crippen LogP contribution is 2.41. The van der Waals surface area contributed by atoms with Crippen molar-refractivity contribution in [3.05, 3.63) is 64.7 Å². The lowest BCUT2D eigenvalue weighted by Gasteiger charge is -2.27. The molecule has 0 unspecified atom stereocenters. The quantitative estimate of drug-likeness (QED) is 0.333. The standard InChI is InChI=1S/C22H18ClN3O4/c1-30-11-3-10-26-21(28)16-5-2-4-15-19(16)17(22(26)29)12-18(20(15)27)25-24-14-8-6-13(23)7-9-14/h2,4-9,12,27H,3,10-11H2,1H3. The first-order valence-corrected chi connectivity index (χ1v) is 9.70. The van der Waals surface area contributed by atoms with Gasteiger partial charge in [0.25, 0.3) is 11.8 Å². The average Bonchev–Trinajstić information content (AvgIpc) is 2.75.